The van der Waals surface area contributed by atoms with Crippen LogP contribution < -0.4 is 4.90 Å². The first-order valence-corrected chi connectivity index (χ1v) is 7.01. The number of ketones is 1. The van der Waals surface area contributed by atoms with Gasteiger partial charge in [-0.25, -0.2) is 0 Å². The molecule has 0 fully saturated rings. The molecule has 1 aromatic carbocycles. The molecule has 5 heteroatoms. The Morgan fingerprint density at radius 2 is 1.76 bits per heavy atom. The quantitative estimate of drug-likeness (QED) is 0.784. The van der Waals surface area contributed by atoms with Gasteiger partial charge in [-0.15, -0.1) is 0 Å². The summed E-state index contributed by atoms with van der Waals surface area (Å²) >= 11 is 0. The Bertz CT molecular complexity index is 522. The fourth-order valence-electron chi connectivity index (χ4n) is 1.93. The predicted molar refractivity (Wildman–Crippen MR) is 80.5 cm³/mol. The molecule has 0 aromatic heterocycles. The first-order valence-electron chi connectivity index (χ1n) is 7.01. The molecule has 21 heavy (non-hydrogen) atoms. The maximum Gasteiger partial charge on any atom is 0.308 e. The fraction of sp³-hybridized carbons (Fsp3) is 0.438. The van der Waals surface area contributed by atoms with Crippen LogP contribution in [0.25, 0.3) is 0 Å². The third kappa shape index (κ3) is 4.70. The van der Waals surface area contributed by atoms with Gasteiger partial charge in [-0.05, 0) is 37.6 Å². The maximum absolute atomic E-state index is 12.2. The highest BCUT2D eigenvalue weighted by molar-refractivity contribution is 5.96. The number of carboxylic acid groups (broad SMARTS) is 1. The summed E-state index contributed by atoms with van der Waals surface area (Å²) in [6, 6.07) is 6.66. The van der Waals surface area contributed by atoms with Gasteiger partial charge in [0.2, 0.25) is 5.91 Å². The molecule has 0 heterocycles. The smallest absolute Gasteiger partial charge is 0.308 e. The van der Waals surface area contributed by atoms with E-state index < -0.39 is 11.9 Å². The first kappa shape index (κ1) is 16.9. The molecule has 0 aliphatic rings. The highest BCUT2D eigenvalue weighted by Gasteiger charge is 2.21. The van der Waals surface area contributed by atoms with Gasteiger partial charge in [-0.1, -0.05) is 13.8 Å². The summed E-state index contributed by atoms with van der Waals surface area (Å²) in [4.78, 5) is 35.9. The number of anilines is 1. The van der Waals surface area contributed by atoms with Crippen molar-refractivity contribution in [1.82, 2.24) is 0 Å². The van der Waals surface area contributed by atoms with Gasteiger partial charge in [0, 0.05) is 24.2 Å². The number of carbonyl (C=O) groups is 3. The number of carbonyl (C=O) groups excluding carboxylic acids is 2. The summed E-state index contributed by atoms with van der Waals surface area (Å²) in [6.07, 6.45) is 1.06. The van der Waals surface area contributed by atoms with Crippen LogP contribution in [0.3, 0.4) is 0 Å². The van der Waals surface area contributed by atoms with E-state index in [2.05, 4.69) is 0 Å². The topological polar surface area (TPSA) is 74.7 Å². The lowest BCUT2D eigenvalue weighted by Crippen LogP contribution is -2.36. The van der Waals surface area contributed by atoms with Crippen molar-refractivity contribution >= 4 is 23.3 Å². The van der Waals surface area contributed by atoms with Gasteiger partial charge in [0.05, 0.1) is 5.92 Å². The molecule has 1 N–H and O–H groups in total. The van der Waals surface area contributed by atoms with E-state index in [0.717, 1.165) is 0 Å². The molecule has 1 rings (SSSR count). The van der Waals surface area contributed by atoms with Crippen molar-refractivity contribution in [2.75, 3.05) is 11.4 Å². The molecule has 5 nitrogen and oxygen atoms in total. The monoisotopic (exact) mass is 291 g/mol. The molecule has 1 atom stereocenters. The second kappa shape index (κ2) is 7.57. The largest absolute Gasteiger partial charge is 0.481 e. The first-order chi connectivity index (χ1) is 9.86. The molecule has 1 unspecified atom stereocenters. The van der Waals surface area contributed by atoms with E-state index in [1.807, 2.05) is 6.92 Å². The summed E-state index contributed by atoms with van der Waals surface area (Å²) in [6.45, 7) is 5.06. The Morgan fingerprint density at radius 1 is 1.19 bits per heavy atom. The zero-order chi connectivity index (χ0) is 16.0. The second-order valence-electron chi connectivity index (χ2n) is 5.10. The van der Waals surface area contributed by atoms with Crippen LogP contribution in [0.4, 0.5) is 5.69 Å². The van der Waals surface area contributed by atoms with Gasteiger partial charge in [0.25, 0.3) is 0 Å². The van der Waals surface area contributed by atoms with Crippen molar-refractivity contribution in [2.24, 2.45) is 5.92 Å². The molecule has 0 radical (unpaired) electrons. The number of hydrogen-bond acceptors (Lipinski definition) is 3. The molecule has 0 spiro atoms. The van der Waals surface area contributed by atoms with E-state index in [1.165, 1.54) is 11.8 Å². The number of rotatable bonds is 7. The van der Waals surface area contributed by atoms with E-state index in [0.29, 0.717) is 24.1 Å². The number of Topliss-reactive ketones (excluding diaryl/α,β-unsaturated/α-hetero) is 1. The van der Waals surface area contributed by atoms with Crippen molar-refractivity contribution in [3.63, 3.8) is 0 Å². The van der Waals surface area contributed by atoms with Crippen molar-refractivity contribution in [3.8, 4) is 0 Å². The molecule has 1 amide bonds. The number of hydrogen-bond donors (Lipinski definition) is 1. The minimum Gasteiger partial charge on any atom is -0.481 e. The normalized spacial score (nSPS) is 11.8. The van der Waals surface area contributed by atoms with Crippen LogP contribution in [0.5, 0.6) is 0 Å². The van der Waals surface area contributed by atoms with E-state index >= 15 is 0 Å². The molecular weight excluding hydrogens is 270 g/mol. The Labute approximate surface area is 124 Å². The maximum atomic E-state index is 12.2. The Balaban J connectivity index is 3.02. The number of benzene rings is 1. The van der Waals surface area contributed by atoms with Crippen molar-refractivity contribution in [2.45, 2.75) is 33.6 Å². The van der Waals surface area contributed by atoms with Gasteiger partial charge < -0.3 is 10.0 Å². The summed E-state index contributed by atoms with van der Waals surface area (Å²) in [5.41, 5.74) is 1.18. The summed E-state index contributed by atoms with van der Waals surface area (Å²) in [7, 11) is 0. The number of carboxylic acids is 1. The van der Waals surface area contributed by atoms with Gasteiger partial charge in [0.1, 0.15) is 0 Å². The molecular formula is C16H21NO4. The van der Waals surface area contributed by atoms with E-state index in [9.17, 15) is 14.4 Å². The Morgan fingerprint density at radius 3 is 2.19 bits per heavy atom. The van der Waals surface area contributed by atoms with Gasteiger partial charge in [-0.2, -0.15) is 0 Å². The summed E-state index contributed by atoms with van der Waals surface area (Å²) < 4.78 is 0. The molecule has 0 aliphatic carbocycles. The van der Waals surface area contributed by atoms with Gasteiger partial charge in [0.15, 0.2) is 5.78 Å². The standard InChI is InChI=1S/C16H21NO4/c1-4-5-15(19)17(10-11(2)16(20)21)14-8-6-13(7-9-14)12(3)18/h6-9,11H,4-5,10H2,1-3H3,(H,20,21). The Hall–Kier alpha value is -2.17. The number of aliphatic carboxylic acids is 1. The minimum absolute atomic E-state index is 0.0492. The zero-order valence-electron chi connectivity index (χ0n) is 12.6. The minimum atomic E-state index is -0.940. The lowest BCUT2D eigenvalue weighted by Gasteiger charge is -2.24. The van der Waals surface area contributed by atoms with Gasteiger partial charge in [-0.3, -0.25) is 14.4 Å². The summed E-state index contributed by atoms with van der Waals surface area (Å²) in [5.74, 6) is -1.75. The third-order valence-electron chi connectivity index (χ3n) is 3.23. The van der Waals surface area contributed by atoms with Crippen LogP contribution in [0, 0.1) is 5.92 Å². The fourth-order valence-corrected chi connectivity index (χ4v) is 1.93. The summed E-state index contributed by atoms with van der Waals surface area (Å²) in [5, 5.41) is 9.02. The second-order valence-corrected chi connectivity index (χ2v) is 5.10. The average molecular weight is 291 g/mol. The molecule has 0 aliphatic heterocycles. The number of amides is 1. The van der Waals surface area contributed by atoms with Crippen LogP contribution >= 0.6 is 0 Å². The van der Waals surface area contributed by atoms with E-state index in [-0.39, 0.29) is 18.2 Å². The van der Waals surface area contributed by atoms with Crippen LogP contribution in [0.2, 0.25) is 0 Å². The van der Waals surface area contributed by atoms with Crippen LogP contribution in [-0.4, -0.2) is 29.3 Å². The van der Waals surface area contributed by atoms with Crippen molar-refractivity contribution < 1.29 is 19.5 Å². The lowest BCUT2D eigenvalue weighted by atomic mass is 10.1. The third-order valence-corrected chi connectivity index (χ3v) is 3.23. The molecule has 114 valence electrons. The zero-order valence-corrected chi connectivity index (χ0v) is 12.6. The molecule has 0 saturated heterocycles. The lowest BCUT2D eigenvalue weighted by molar-refractivity contribution is -0.140. The Kier molecular flexibility index (Phi) is 6.09. The molecule has 0 bridgehead atoms. The van der Waals surface area contributed by atoms with Crippen molar-refractivity contribution in [3.05, 3.63) is 29.8 Å². The molecule has 0 saturated carbocycles. The van der Waals surface area contributed by atoms with Crippen molar-refractivity contribution in [1.29, 1.82) is 0 Å². The number of nitrogens with zero attached hydrogens (tertiary/aromatic N) is 1. The average Bonchev–Trinajstić information content (AvgIpc) is 2.44. The van der Waals surface area contributed by atoms with Crippen LogP contribution in [0.15, 0.2) is 24.3 Å². The van der Waals surface area contributed by atoms with Crippen LogP contribution in [0.1, 0.15) is 44.0 Å². The highest BCUT2D eigenvalue weighted by Crippen LogP contribution is 2.19. The van der Waals surface area contributed by atoms with Crippen LogP contribution in [-0.2, 0) is 9.59 Å². The van der Waals surface area contributed by atoms with Gasteiger partial charge >= 0.3 is 5.97 Å². The SMILES string of the molecule is CCCC(=O)N(CC(C)C(=O)O)c1ccc(C(C)=O)cc1. The van der Waals surface area contributed by atoms with E-state index in [1.54, 1.807) is 31.2 Å². The highest BCUT2D eigenvalue weighted by atomic mass is 16.4. The molecule has 1 aromatic rings. The van der Waals surface area contributed by atoms with E-state index in [4.69, 9.17) is 5.11 Å². The predicted octanol–water partition coefficient (Wildman–Crippen LogP) is 2.74.